The van der Waals surface area contributed by atoms with E-state index in [0.717, 1.165) is 12.8 Å². The van der Waals surface area contributed by atoms with Gasteiger partial charge in [0.05, 0.1) is 6.07 Å². The van der Waals surface area contributed by atoms with E-state index in [2.05, 4.69) is 6.07 Å². The highest BCUT2D eigenvalue weighted by molar-refractivity contribution is 5.83. The minimum Gasteiger partial charge on any atom is -0.299 e. The van der Waals surface area contributed by atoms with Crippen LogP contribution in [-0.2, 0) is 4.79 Å². The summed E-state index contributed by atoms with van der Waals surface area (Å²) in [5.74, 6) is 0.542. The highest BCUT2D eigenvalue weighted by Crippen LogP contribution is 2.28. The first-order valence-corrected chi connectivity index (χ1v) is 4.66. The van der Waals surface area contributed by atoms with Crippen molar-refractivity contribution in [3.05, 3.63) is 0 Å². The van der Waals surface area contributed by atoms with Crippen LogP contribution in [0.5, 0.6) is 0 Å². The van der Waals surface area contributed by atoms with Crippen LogP contribution in [0.4, 0.5) is 0 Å². The molecule has 0 heterocycles. The molecule has 1 unspecified atom stereocenters. The molecule has 1 fully saturated rings. The van der Waals surface area contributed by atoms with Crippen molar-refractivity contribution in [2.75, 3.05) is 0 Å². The van der Waals surface area contributed by atoms with Gasteiger partial charge >= 0.3 is 0 Å². The summed E-state index contributed by atoms with van der Waals surface area (Å²) in [7, 11) is 0. The lowest BCUT2D eigenvalue weighted by Gasteiger charge is -2.11. The zero-order valence-corrected chi connectivity index (χ0v) is 7.55. The molecule has 0 aromatic rings. The second-order valence-electron chi connectivity index (χ2n) is 3.65. The van der Waals surface area contributed by atoms with E-state index < -0.39 is 0 Å². The number of hydrogen-bond acceptors (Lipinski definition) is 2. The highest BCUT2D eigenvalue weighted by Gasteiger charge is 2.26. The molecule has 0 spiro atoms. The zero-order valence-electron chi connectivity index (χ0n) is 7.55. The SMILES string of the molecule is CC(CC#N)C(=O)C1CCCC1. The monoisotopic (exact) mass is 165 g/mol. The van der Waals surface area contributed by atoms with Gasteiger partial charge in [-0.15, -0.1) is 0 Å². The number of Topliss-reactive ketones (excluding diaryl/α,β-unsaturated/α-hetero) is 1. The summed E-state index contributed by atoms with van der Waals surface area (Å²) in [5.41, 5.74) is 0. The Balaban J connectivity index is 2.41. The largest absolute Gasteiger partial charge is 0.299 e. The van der Waals surface area contributed by atoms with Gasteiger partial charge in [0.15, 0.2) is 0 Å². The standard InChI is InChI=1S/C10H15NO/c1-8(6-7-11)10(12)9-4-2-3-5-9/h8-9H,2-6H2,1H3. The van der Waals surface area contributed by atoms with E-state index in [1.54, 1.807) is 0 Å². The second-order valence-corrected chi connectivity index (χ2v) is 3.65. The molecule has 0 N–H and O–H groups in total. The first-order chi connectivity index (χ1) is 5.75. The molecule has 66 valence electrons. The lowest BCUT2D eigenvalue weighted by molar-refractivity contribution is -0.126. The fourth-order valence-electron chi connectivity index (χ4n) is 1.85. The van der Waals surface area contributed by atoms with Crippen molar-refractivity contribution in [3.63, 3.8) is 0 Å². The van der Waals surface area contributed by atoms with Gasteiger partial charge in [0.25, 0.3) is 0 Å². The smallest absolute Gasteiger partial charge is 0.139 e. The molecule has 1 aliphatic carbocycles. The normalized spacial score (nSPS) is 20.3. The van der Waals surface area contributed by atoms with Crippen molar-refractivity contribution in [3.8, 4) is 6.07 Å². The van der Waals surface area contributed by atoms with Gasteiger partial charge in [0.1, 0.15) is 5.78 Å². The van der Waals surface area contributed by atoms with Gasteiger partial charge in [-0.3, -0.25) is 4.79 Å². The van der Waals surface area contributed by atoms with Crippen LogP contribution in [-0.4, -0.2) is 5.78 Å². The van der Waals surface area contributed by atoms with Crippen LogP contribution in [0, 0.1) is 23.2 Å². The molecule has 0 aromatic heterocycles. The summed E-state index contributed by atoms with van der Waals surface area (Å²) in [6.45, 7) is 1.86. The Morgan fingerprint density at radius 3 is 2.67 bits per heavy atom. The molecule has 1 saturated carbocycles. The van der Waals surface area contributed by atoms with Gasteiger partial charge < -0.3 is 0 Å². The predicted molar refractivity (Wildman–Crippen MR) is 46.4 cm³/mol. The third-order valence-electron chi connectivity index (χ3n) is 2.64. The van der Waals surface area contributed by atoms with Gasteiger partial charge in [-0.05, 0) is 12.8 Å². The third kappa shape index (κ3) is 2.07. The summed E-state index contributed by atoms with van der Waals surface area (Å²) >= 11 is 0. The van der Waals surface area contributed by atoms with E-state index in [4.69, 9.17) is 5.26 Å². The summed E-state index contributed by atoms with van der Waals surface area (Å²) in [6, 6.07) is 2.05. The molecule has 0 bridgehead atoms. The molecule has 2 nitrogen and oxygen atoms in total. The number of carbonyl (C=O) groups excluding carboxylic acids is 1. The maximum Gasteiger partial charge on any atom is 0.139 e. The van der Waals surface area contributed by atoms with Gasteiger partial charge in [-0.2, -0.15) is 5.26 Å². The van der Waals surface area contributed by atoms with Gasteiger partial charge in [0, 0.05) is 18.3 Å². The molecule has 0 amide bonds. The van der Waals surface area contributed by atoms with Crippen LogP contribution < -0.4 is 0 Å². The Hall–Kier alpha value is -0.840. The molecule has 0 aliphatic heterocycles. The summed E-state index contributed by atoms with van der Waals surface area (Å²) in [6.07, 6.45) is 4.86. The first-order valence-electron chi connectivity index (χ1n) is 4.66. The Kier molecular flexibility index (Phi) is 3.28. The third-order valence-corrected chi connectivity index (χ3v) is 2.64. The van der Waals surface area contributed by atoms with Crippen molar-refractivity contribution in [2.45, 2.75) is 39.0 Å². The number of hydrogen-bond donors (Lipinski definition) is 0. The van der Waals surface area contributed by atoms with Crippen molar-refractivity contribution in [2.24, 2.45) is 11.8 Å². The van der Waals surface area contributed by atoms with Crippen LogP contribution in [0.15, 0.2) is 0 Å². The Bertz CT molecular complexity index is 198. The summed E-state index contributed by atoms with van der Waals surface area (Å²) < 4.78 is 0. The van der Waals surface area contributed by atoms with Gasteiger partial charge in [0.2, 0.25) is 0 Å². The van der Waals surface area contributed by atoms with Crippen LogP contribution >= 0.6 is 0 Å². The average molecular weight is 165 g/mol. The fraction of sp³-hybridized carbons (Fsp3) is 0.800. The molecule has 0 aromatic carbocycles. The van der Waals surface area contributed by atoms with Crippen LogP contribution in [0.3, 0.4) is 0 Å². The zero-order chi connectivity index (χ0) is 8.97. The molecule has 0 saturated heterocycles. The van der Waals surface area contributed by atoms with E-state index >= 15 is 0 Å². The Morgan fingerprint density at radius 2 is 2.17 bits per heavy atom. The highest BCUT2D eigenvalue weighted by atomic mass is 16.1. The average Bonchev–Trinajstić information content (AvgIpc) is 2.55. The van der Waals surface area contributed by atoms with Gasteiger partial charge in [-0.1, -0.05) is 19.8 Å². The first kappa shape index (κ1) is 9.25. The van der Waals surface area contributed by atoms with Crippen molar-refractivity contribution in [1.29, 1.82) is 5.26 Å². The van der Waals surface area contributed by atoms with E-state index in [-0.39, 0.29) is 11.8 Å². The molecular formula is C10H15NO. The maximum absolute atomic E-state index is 11.6. The summed E-state index contributed by atoms with van der Waals surface area (Å²) in [5, 5.41) is 8.43. The van der Waals surface area contributed by atoms with E-state index in [1.165, 1.54) is 12.8 Å². The number of carbonyl (C=O) groups is 1. The predicted octanol–water partition coefficient (Wildman–Crippen LogP) is 2.30. The van der Waals surface area contributed by atoms with Gasteiger partial charge in [-0.25, -0.2) is 0 Å². The quantitative estimate of drug-likeness (QED) is 0.643. The maximum atomic E-state index is 11.6. The van der Waals surface area contributed by atoms with Crippen molar-refractivity contribution >= 4 is 5.78 Å². The van der Waals surface area contributed by atoms with E-state index in [9.17, 15) is 4.79 Å². The topological polar surface area (TPSA) is 40.9 Å². The van der Waals surface area contributed by atoms with Crippen LogP contribution in [0.25, 0.3) is 0 Å². The molecule has 0 radical (unpaired) electrons. The van der Waals surface area contributed by atoms with Crippen LogP contribution in [0.1, 0.15) is 39.0 Å². The number of ketones is 1. The van der Waals surface area contributed by atoms with E-state index in [1.807, 2.05) is 6.92 Å². The molecule has 2 heteroatoms. The van der Waals surface area contributed by atoms with Crippen molar-refractivity contribution < 1.29 is 4.79 Å². The Labute approximate surface area is 73.6 Å². The molecule has 12 heavy (non-hydrogen) atoms. The molecule has 1 rings (SSSR count). The second kappa shape index (κ2) is 4.25. The number of nitriles is 1. The lowest BCUT2D eigenvalue weighted by Crippen LogP contribution is -2.18. The lowest BCUT2D eigenvalue weighted by atomic mass is 9.91. The summed E-state index contributed by atoms with van der Waals surface area (Å²) in [4.78, 5) is 11.6. The molecule has 1 atom stereocenters. The minimum absolute atomic E-state index is 0.0434. The van der Waals surface area contributed by atoms with Crippen molar-refractivity contribution in [1.82, 2.24) is 0 Å². The van der Waals surface area contributed by atoms with E-state index in [0.29, 0.717) is 12.2 Å². The minimum atomic E-state index is -0.0434. The Morgan fingerprint density at radius 1 is 1.58 bits per heavy atom. The van der Waals surface area contributed by atoms with Crippen LogP contribution in [0.2, 0.25) is 0 Å². The number of rotatable bonds is 3. The number of nitrogens with zero attached hydrogens (tertiary/aromatic N) is 1. The molecular weight excluding hydrogens is 150 g/mol. The molecule has 1 aliphatic rings. The fourth-order valence-corrected chi connectivity index (χ4v) is 1.85.